The van der Waals surface area contributed by atoms with Crippen LogP contribution in [-0.2, 0) is 11.3 Å². The number of benzene rings is 2. The second-order valence-electron chi connectivity index (χ2n) is 6.15. The van der Waals surface area contributed by atoms with E-state index in [0.29, 0.717) is 28.2 Å². The van der Waals surface area contributed by atoms with Crippen molar-refractivity contribution in [2.24, 2.45) is 0 Å². The number of aromatic nitrogens is 1. The van der Waals surface area contributed by atoms with Crippen molar-refractivity contribution in [3.05, 3.63) is 68.4 Å². The van der Waals surface area contributed by atoms with Gasteiger partial charge in [-0.05, 0) is 43.3 Å². The molecule has 144 valence electrons. The van der Waals surface area contributed by atoms with Gasteiger partial charge in [0.1, 0.15) is 5.56 Å². The number of hydrogen-bond donors (Lipinski definition) is 2. The van der Waals surface area contributed by atoms with Gasteiger partial charge in [0.25, 0.3) is 5.91 Å². The number of anilines is 2. The highest BCUT2D eigenvalue weighted by molar-refractivity contribution is 6.34. The molecule has 0 bridgehead atoms. The van der Waals surface area contributed by atoms with Gasteiger partial charge in [0, 0.05) is 35.8 Å². The summed E-state index contributed by atoms with van der Waals surface area (Å²) in [5, 5.41) is 6.31. The first-order valence-corrected chi connectivity index (χ1v) is 9.27. The van der Waals surface area contributed by atoms with E-state index in [2.05, 4.69) is 10.6 Å². The molecule has 0 saturated heterocycles. The number of hydrogen-bond acceptors (Lipinski definition) is 3. The van der Waals surface area contributed by atoms with Crippen LogP contribution in [-0.4, -0.2) is 16.4 Å². The third-order valence-corrected chi connectivity index (χ3v) is 4.73. The lowest BCUT2D eigenvalue weighted by Crippen LogP contribution is -2.24. The summed E-state index contributed by atoms with van der Waals surface area (Å²) < 4.78 is 1.80. The van der Waals surface area contributed by atoms with Crippen LogP contribution in [0.15, 0.2) is 47.4 Å². The van der Waals surface area contributed by atoms with Gasteiger partial charge in [-0.2, -0.15) is 0 Å². The molecule has 3 aromatic rings. The molecule has 8 heteroatoms. The van der Waals surface area contributed by atoms with E-state index < -0.39 is 11.3 Å². The highest BCUT2D eigenvalue weighted by Crippen LogP contribution is 2.26. The SMILES string of the molecule is CCn1cc(C(=O)Nc2cc(NC(C)=O)ccc2Cl)c(=O)c2cc(Cl)ccc21. The molecular weight excluding hydrogens is 401 g/mol. The van der Waals surface area contributed by atoms with Gasteiger partial charge in [-0.15, -0.1) is 0 Å². The third-order valence-electron chi connectivity index (χ3n) is 4.16. The lowest BCUT2D eigenvalue weighted by Gasteiger charge is -2.13. The van der Waals surface area contributed by atoms with Gasteiger partial charge in [-0.1, -0.05) is 23.2 Å². The molecule has 1 heterocycles. The molecule has 0 saturated carbocycles. The number of carbonyl (C=O) groups excluding carboxylic acids is 2. The highest BCUT2D eigenvalue weighted by Gasteiger charge is 2.17. The summed E-state index contributed by atoms with van der Waals surface area (Å²) >= 11 is 12.2. The van der Waals surface area contributed by atoms with Crippen LogP contribution < -0.4 is 16.1 Å². The molecule has 0 unspecified atom stereocenters. The summed E-state index contributed by atoms with van der Waals surface area (Å²) in [4.78, 5) is 36.9. The maximum Gasteiger partial charge on any atom is 0.261 e. The van der Waals surface area contributed by atoms with Crippen molar-refractivity contribution in [1.82, 2.24) is 4.57 Å². The fraction of sp³-hybridized carbons (Fsp3) is 0.150. The van der Waals surface area contributed by atoms with E-state index in [9.17, 15) is 14.4 Å². The Morgan fingerprint density at radius 3 is 2.50 bits per heavy atom. The Labute approximate surface area is 171 Å². The molecular formula is C20H17Cl2N3O3. The van der Waals surface area contributed by atoms with E-state index in [4.69, 9.17) is 23.2 Å². The summed E-state index contributed by atoms with van der Waals surface area (Å²) in [6.07, 6.45) is 1.51. The summed E-state index contributed by atoms with van der Waals surface area (Å²) in [5.41, 5.74) is 1.00. The van der Waals surface area contributed by atoms with Crippen molar-refractivity contribution >= 4 is 57.3 Å². The molecule has 28 heavy (non-hydrogen) atoms. The second-order valence-corrected chi connectivity index (χ2v) is 6.99. The minimum atomic E-state index is -0.601. The zero-order valence-electron chi connectivity index (χ0n) is 15.2. The quantitative estimate of drug-likeness (QED) is 0.653. The predicted molar refractivity (Wildman–Crippen MR) is 113 cm³/mol. The van der Waals surface area contributed by atoms with Crippen molar-refractivity contribution in [1.29, 1.82) is 0 Å². The lowest BCUT2D eigenvalue weighted by atomic mass is 10.1. The number of fused-ring (bicyclic) bond motifs is 1. The van der Waals surface area contributed by atoms with Gasteiger partial charge in [-0.25, -0.2) is 0 Å². The summed E-state index contributed by atoms with van der Waals surface area (Å²) in [6.45, 7) is 3.85. The summed E-state index contributed by atoms with van der Waals surface area (Å²) in [6, 6.07) is 9.68. The predicted octanol–water partition coefficient (Wildman–Crippen LogP) is 4.54. The normalized spacial score (nSPS) is 10.7. The Morgan fingerprint density at radius 2 is 1.82 bits per heavy atom. The molecule has 0 aliphatic carbocycles. The first-order chi connectivity index (χ1) is 13.3. The maximum atomic E-state index is 12.9. The Hall–Kier alpha value is -2.83. The van der Waals surface area contributed by atoms with E-state index in [1.807, 2.05) is 6.92 Å². The molecule has 0 atom stereocenters. The van der Waals surface area contributed by atoms with E-state index in [1.165, 1.54) is 19.2 Å². The number of pyridine rings is 1. The van der Waals surface area contributed by atoms with Crippen LogP contribution in [0, 0.1) is 0 Å². The number of aryl methyl sites for hydroxylation is 1. The van der Waals surface area contributed by atoms with E-state index in [1.54, 1.807) is 34.9 Å². The van der Waals surface area contributed by atoms with Crippen LogP contribution in [0.4, 0.5) is 11.4 Å². The minimum absolute atomic E-state index is 0.0300. The Kier molecular flexibility index (Phi) is 5.72. The Balaban J connectivity index is 2.04. The van der Waals surface area contributed by atoms with Crippen molar-refractivity contribution in [3.63, 3.8) is 0 Å². The summed E-state index contributed by atoms with van der Waals surface area (Å²) in [5.74, 6) is -0.854. The number of nitrogens with one attached hydrogen (secondary N) is 2. The average Bonchev–Trinajstić information content (AvgIpc) is 2.64. The number of carbonyl (C=O) groups is 2. The van der Waals surface area contributed by atoms with E-state index in [-0.39, 0.29) is 22.2 Å². The molecule has 0 fully saturated rings. The zero-order chi connectivity index (χ0) is 20.4. The van der Waals surface area contributed by atoms with Crippen LogP contribution >= 0.6 is 23.2 Å². The molecule has 0 radical (unpaired) electrons. The van der Waals surface area contributed by atoms with E-state index >= 15 is 0 Å². The van der Waals surface area contributed by atoms with Gasteiger partial charge in [-0.3, -0.25) is 14.4 Å². The van der Waals surface area contributed by atoms with Crippen molar-refractivity contribution < 1.29 is 9.59 Å². The van der Waals surface area contributed by atoms with Crippen molar-refractivity contribution in [2.75, 3.05) is 10.6 Å². The first-order valence-electron chi connectivity index (χ1n) is 8.51. The zero-order valence-corrected chi connectivity index (χ0v) is 16.7. The molecule has 0 aliphatic rings. The second kappa shape index (κ2) is 8.04. The number of halogens is 2. The van der Waals surface area contributed by atoms with Gasteiger partial charge < -0.3 is 15.2 Å². The van der Waals surface area contributed by atoms with Crippen LogP contribution in [0.2, 0.25) is 10.0 Å². The number of amides is 2. The van der Waals surface area contributed by atoms with E-state index in [0.717, 1.165) is 0 Å². The molecule has 2 aromatic carbocycles. The highest BCUT2D eigenvalue weighted by atomic mass is 35.5. The standard InChI is InChI=1S/C20H17Cl2N3O3/c1-3-25-10-15(19(27)14-8-12(21)4-7-18(14)25)20(28)24-17-9-13(23-11(2)26)5-6-16(17)22/h4-10H,3H2,1-2H3,(H,23,26)(H,24,28). The van der Waals surface area contributed by atoms with Crippen LogP contribution in [0.25, 0.3) is 10.9 Å². The van der Waals surface area contributed by atoms with Crippen molar-refractivity contribution in [2.45, 2.75) is 20.4 Å². The van der Waals surface area contributed by atoms with Gasteiger partial charge in [0.15, 0.2) is 0 Å². The topological polar surface area (TPSA) is 80.2 Å². The molecule has 2 N–H and O–H groups in total. The molecule has 0 spiro atoms. The molecule has 3 rings (SSSR count). The summed E-state index contributed by atoms with van der Waals surface area (Å²) in [7, 11) is 0. The first kappa shape index (κ1) is 19.9. The van der Waals surface area contributed by atoms with Crippen LogP contribution in [0.5, 0.6) is 0 Å². The average molecular weight is 418 g/mol. The third kappa shape index (κ3) is 4.03. The molecule has 6 nitrogen and oxygen atoms in total. The van der Waals surface area contributed by atoms with Crippen LogP contribution in [0.3, 0.4) is 0 Å². The molecule has 2 amide bonds. The van der Waals surface area contributed by atoms with Crippen molar-refractivity contribution in [3.8, 4) is 0 Å². The number of nitrogens with zero attached hydrogens (tertiary/aromatic N) is 1. The molecule has 0 aliphatic heterocycles. The molecule has 1 aromatic heterocycles. The largest absolute Gasteiger partial charge is 0.347 e. The monoisotopic (exact) mass is 417 g/mol. The Morgan fingerprint density at radius 1 is 1.07 bits per heavy atom. The van der Waals surface area contributed by atoms with Gasteiger partial charge in [0.05, 0.1) is 16.2 Å². The minimum Gasteiger partial charge on any atom is -0.347 e. The smallest absolute Gasteiger partial charge is 0.261 e. The number of rotatable bonds is 4. The lowest BCUT2D eigenvalue weighted by molar-refractivity contribution is -0.114. The van der Waals surface area contributed by atoms with Crippen LogP contribution in [0.1, 0.15) is 24.2 Å². The van der Waals surface area contributed by atoms with Gasteiger partial charge >= 0.3 is 0 Å². The maximum absolute atomic E-state index is 12.9. The Bertz CT molecular complexity index is 1160. The van der Waals surface area contributed by atoms with Gasteiger partial charge in [0.2, 0.25) is 11.3 Å². The fourth-order valence-electron chi connectivity index (χ4n) is 2.88. The fourth-order valence-corrected chi connectivity index (χ4v) is 3.22.